The third-order valence-electron chi connectivity index (χ3n) is 3.07. The number of carboxylic acids is 1. The third kappa shape index (κ3) is 2.50. The van der Waals surface area contributed by atoms with Gasteiger partial charge in [-0.1, -0.05) is 0 Å². The van der Waals surface area contributed by atoms with Crippen LogP contribution in [0.1, 0.15) is 28.3 Å². The van der Waals surface area contributed by atoms with Crippen molar-refractivity contribution in [3.8, 4) is 0 Å². The minimum Gasteiger partial charge on any atom is -0.475 e. The zero-order valence-corrected chi connectivity index (χ0v) is 10.6. The van der Waals surface area contributed by atoms with Crippen LogP contribution in [0, 0.1) is 6.92 Å². The van der Waals surface area contributed by atoms with Crippen molar-refractivity contribution in [2.45, 2.75) is 25.9 Å². The van der Waals surface area contributed by atoms with Crippen LogP contribution < -0.4 is 5.32 Å². The molecule has 0 radical (unpaired) electrons. The van der Waals surface area contributed by atoms with Gasteiger partial charge in [0.25, 0.3) is 0 Å². The summed E-state index contributed by atoms with van der Waals surface area (Å²) in [5, 5.41) is 11.7. The molecule has 102 valence electrons. The van der Waals surface area contributed by atoms with E-state index in [2.05, 4.69) is 5.32 Å². The topological polar surface area (TPSA) is 99.9 Å². The number of aromatic carboxylic acids is 1. The molecule has 19 heavy (non-hydrogen) atoms. The number of nitrogens with one attached hydrogen (secondary N) is 1. The summed E-state index contributed by atoms with van der Waals surface area (Å²) in [5.74, 6) is -1.33. The fourth-order valence-corrected chi connectivity index (χ4v) is 1.99. The Balaban J connectivity index is 2.00. The van der Waals surface area contributed by atoms with Crippen LogP contribution in [0.4, 0.5) is 0 Å². The lowest BCUT2D eigenvalue weighted by atomic mass is 10.2. The maximum atomic E-state index is 11.6. The number of furan rings is 1. The Morgan fingerprint density at radius 2 is 2.26 bits per heavy atom. The van der Waals surface area contributed by atoms with E-state index >= 15 is 0 Å². The lowest BCUT2D eigenvalue weighted by Gasteiger charge is -2.09. The summed E-state index contributed by atoms with van der Waals surface area (Å²) in [6.45, 7) is 1.83. The first-order chi connectivity index (χ1) is 8.90. The molecule has 0 aliphatic carbocycles. The van der Waals surface area contributed by atoms with Crippen LogP contribution >= 0.6 is 0 Å². The molecule has 1 saturated heterocycles. The number of likely N-dealkylation sites (tertiary alicyclic amines) is 1. The second-order valence-electron chi connectivity index (χ2n) is 4.46. The molecule has 2 heterocycles. The standard InChI is InChI=1S/C12H14N2O5/c1-6-3-7(19-10(6)12(17)18)5-13-8-4-9(15)14(2)11(8)16/h3,8,13H,4-5H2,1-2H3,(H,17,18). The first-order valence-electron chi connectivity index (χ1n) is 5.76. The summed E-state index contributed by atoms with van der Waals surface area (Å²) in [6.07, 6.45) is 0.112. The van der Waals surface area contributed by atoms with Gasteiger partial charge in [-0.2, -0.15) is 0 Å². The summed E-state index contributed by atoms with van der Waals surface area (Å²) in [5.41, 5.74) is 0.523. The molecule has 1 fully saturated rings. The number of carboxylic acid groups (broad SMARTS) is 1. The van der Waals surface area contributed by atoms with Crippen molar-refractivity contribution in [2.75, 3.05) is 7.05 Å². The van der Waals surface area contributed by atoms with E-state index in [0.717, 1.165) is 4.90 Å². The van der Waals surface area contributed by atoms with Gasteiger partial charge < -0.3 is 9.52 Å². The molecule has 1 aliphatic heterocycles. The Morgan fingerprint density at radius 1 is 1.58 bits per heavy atom. The molecule has 1 unspecified atom stereocenters. The molecular formula is C12H14N2O5. The van der Waals surface area contributed by atoms with Gasteiger partial charge >= 0.3 is 5.97 Å². The number of imide groups is 1. The fraction of sp³-hybridized carbons (Fsp3) is 0.417. The highest BCUT2D eigenvalue weighted by Gasteiger charge is 2.35. The zero-order chi connectivity index (χ0) is 14.2. The predicted octanol–water partition coefficient (Wildman–Crippen LogP) is 0.133. The normalized spacial score (nSPS) is 19.3. The molecule has 7 heteroatoms. The van der Waals surface area contributed by atoms with Gasteiger partial charge in [0.15, 0.2) is 0 Å². The Hall–Kier alpha value is -2.15. The maximum Gasteiger partial charge on any atom is 0.372 e. The minimum absolute atomic E-state index is 0.109. The van der Waals surface area contributed by atoms with Crippen molar-refractivity contribution in [2.24, 2.45) is 0 Å². The van der Waals surface area contributed by atoms with Gasteiger partial charge in [0.1, 0.15) is 5.76 Å². The van der Waals surface area contributed by atoms with Gasteiger partial charge in [-0.3, -0.25) is 19.8 Å². The van der Waals surface area contributed by atoms with E-state index in [-0.39, 0.29) is 30.5 Å². The van der Waals surface area contributed by atoms with Crippen LogP contribution in [0.2, 0.25) is 0 Å². The zero-order valence-electron chi connectivity index (χ0n) is 10.6. The van der Waals surface area contributed by atoms with Crippen molar-refractivity contribution in [3.63, 3.8) is 0 Å². The highest BCUT2D eigenvalue weighted by atomic mass is 16.4. The van der Waals surface area contributed by atoms with Crippen LogP contribution in [-0.4, -0.2) is 40.9 Å². The second kappa shape index (κ2) is 4.85. The number of likely N-dealkylation sites (N-methyl/N-ethyl adjacent to an activating group) is 1. The SMILES string of the molecule is Cc1cc(CNC2CC(=O)N(C)C2=O)oc1C(=O)O. The number of carbonyl (C=O) groups excluding carboxylic acids is 2. The second-order valence-corrected chi connectivity index (χ2v) is 4.46. The van der Waals surface area contributed by atoms with E-state index in [9.17, 15) is 14.4 Å². The lowest BCUT2D eigenvalue weighted by molar-refractivity contribution is -0.137. The Kier molecular flexibility index (Phi) is 3.39. The maximum absolute atomic E-state index is 11.6. The predicted molar refractivity (Wildman–Crippen MR) is 63.4 cm³/mol. The first-order valence-corrected chi connectivity index (χ1v) is 5.76. The van der Waals surface area contributed by atoms with Gasteiger partial charge in [-0.25, -0.2) is 4.79 Å². The van der Waals surface area contributed by atoms with E-state index in [4.69, 9.17) is 9.52 Å². The van der Waals surface area contributed by atoms with Crippen molar-refractivity contribution in [1.29, 1.82) is 0 Å². The molecule has 0 aromatic carbocycles. The van der Waals surface area contributed by atoms with Crippen LogP contribution in [0.25, 0.3) is 0 Å². The monoisotopic (exact) mass is 266 g/mol. The molecule has 1 atom stereocenters. The molecule has 2 rings (SSSR count). The van der Waals surface area contributed by atoms with Crippen molar-refractivity contribution < 1.29 is 23.9 Å². The Bertz CT molecular complexity index is 548. The average Bonchev–Trinajstić information content (AvgIpc) is 2.83. The van der Waals surface area contributed by atoms with E-state index in [1.165, 1.54) is 7.05 Å². The van der Waals surface area contributed by atoms with Crippen LogP contribution in [0.15, 0.2) is 10.5 Å². The molecule has 2 N–H and O–H groups in total. The van der Waals surface area contributed by atoms with Crippen molar-refractivity contribution in [1.82, 2.24) is 10.2 Å². The number of carbonyl (C=O) groups is 3. The molecule has 0 bridgehead atoms. The van der Waals surface area contributed by atoms with E-state index in [1.54, 1.807) is 13.0 Å². The average molecular weight is 266 g/mol. The number of hydrogen-bond acceptors (Lipinski definition) is 5. The van der Waals surface area contributed by atoms with Gasteiger partial charge in [-0.05, 0) is 13.0 Å². The van der Waals surface area contributed by atoms with Gasteiger partial charge in [0, 0.05) is 12.6 Å². The Labute approximate surface area is 109 Å². The summed E-state index contributed by atoms with van der Waals surface area (Å²) < 4.78 is 5.15. The van der Waals surface area contributed by atoms with E-state index < -0.39 is 12.0 Å². The molecule has 1 aromatic heterocycles. The minimum atomic E-state index is -1.13. The quantitative estimate of drug-likeness (QED) is 0.751. The molecule has 2 amide bonds. The number of amides is 2. The molecule has 7 nitrogen and oxygen atoms in total. The van der Waals surface area contributed by atoms with Gasteiger partial charge in [-0.15, -0.1) is 0 Å². The van der Waals surface area contributed by atoms with Gasteiger partial charge in [0.05, 0.1) is 19.0 Å². The molecule has 1 aliphatic rings. The summed E-state index contributed by atoms with van der Waals surface area (Å²) in [6, 6.07) is 1.03. The van der Waals surface area contributed by atoms with Crippen LogP contribution in [0.5, 0.6) is 0 Å². The van der Waals surface area contributed by atoms with Crippen LogP contribution in [0.3, 0.4) is 0 Å². The molecule has 0 spiro atoms. The molecule has 1 aromatic rings. The first kappa shape index (κ1) is 13.3. The molecular weight excluding hydrogens is 252 g/mol. The van der Waals surface area contributed by atoms with Gasteiger partial charge in [0.2, 0.25) is 17.6 Å². The largest absolute Gasteiger partial charge is 0.475 e. The number of aryl methyl sites for hydroxylation is 1. The van der Waals surface area contributed by atoms with E-state index in [0.29, 0.717) is 11.3 Å². The number of nitrogens with zero attached hydrogens (tertiary/aromatic N) is 1. The van der Waals surface area contributed by atoms with Crippen molar-refractivity contribution >= 4 is 17.8 Å². The number of rotatable bonds is 4. The summed E-state index contributed by atoms with van der Waals surface area (Å²) >= 11 is 0. The summed E-state index contributed by atoms with van der Waals surface area (Å²) in [4.78, 5) is 34.8. The lowest BCUT2D eigenvalue weighted by Crippen LogP contribution is -2.36. The smallest absolute Gasteiger partial charge is 0.372 e. The fourth-order valence-electron chi connectivity index (χ4n) is 1.99. The number of hydrogen-bond donors (Lipinski definition) is 2. The highest BCUT2D eigenvalue weighted by Crippen LogP contribution is 2.16. The summed E-state index contributed by atoms with van der Waals surface area (Å²) in [7, 11) is 1.44. The Morgan fingerprint density at radius 3 is 2.74 bits per heavy atom. The highest BCUT2D eigenvalue weighted by molar-refractivity contribution is 6.05. The molecule has 0 saturated carbocycles. The van der Waals surface area contributed by atoms with Crippen LogP contribution in [-0.2, 0) is 16.1 Å². The van der Waals surface area contributed by atoms with E-state index in [1.807, 2.05) is 0 Å². The van der Waals surface area contributed by atoms with Crippen molar-refractivity contribution in [3.05, 3.63) is 23.2 Å². The third-order valence-corrected chi connectivity index (χ3v) is 3.07.